The average molecular weight is 301 g/mol. The second-order valence-corrected chi connectivity index (χ2v) is 7.90. The lowest BCUT2D eigenvalue weighted by atomic mass is 9.97. The van der Waals surface area contributed by atoms with Gasteiger partial charge in [0.2, 0.25) is 10.0 Å². The van der Waals surface area contributed by atoms with Crippen molar-refractivity contribution in [3.05, 3.63) is 23.2 Å². The Hall–Kier alpha value is -0.850. The van der Waals surface area contributed by atoms with Crippen LogP contribution in [-0.4, -0.2) is 25.8 Å². The van der Waals surface area contributed by atoms with E-state index in [9.17, 15) is 13.5 Å². The van der Waals surface area contributed by atoms with Gasteiger partial charge >= 0.3 is 0 Å². The van der Waals surface area contributed by atoms with Crippen molar-refractivity contribution in [1.29, 1.82) is 0 Å². The number of aliphatic hydroxyl groups is 1. The third-order valence-corrected chi connectivity index (χ3v) is 5.11. The molecule has 6 heteroatoms. The summed E-state index contributed by atoms with van der Waals surface area (Å²) in [5.74, 6) is 2.03. The number of rotatable bonds is 7. The number of sulfonamides is 1. The van der Waals surface area contributed by atoms with E-state index in [-0.39, 0.29) is 12.3 Å². The van der Waals surface area contributed by atoms with Gasteiger partial charge in [-0.1, -0.05) is 12.8 Å². The largest absolute Gasteiger partial charge is 0.466 e. The highest BCUT2D eigenvalue weighted by Gasteiger charge is 2.30. The summed E-state index contributed by atoms with van der Waals surface area (Å²) in [6.07, 6.45) is 2.99. The number of aryl methyl sites for hydroxylation is 2. The molecule has 1 aliphatic rings. The summed E-state index contributed by atoms with van der Waals surface area (Å²) in [5.41, 5.74) is -0.644. The molecule has 1 heterocycles. The van der Waals surface area contributed by atoms with Gasteiger partial charge < -0.3 is 9.52 Å². The van der Waals surface area contributed by atoms with E-state index in [2.05, 4.69) is 4.72 Å². The number of furan rings is 1. The summed E-state index contributed by atoms with van der Waals surface area (Å²) in [4.78, 5) is 0. The molecule has 0 radical (unpaired) electrons. The van der Waals surface area contributed by atoms with Gasteiger partial charge in [0.1, 0.15) is 17.1 Å². The number of hydrogen-bond donors (Lipinski definition) is 2. The molecule has 1 atom stereocenters. The molecule has 1 aromatic heterocycles. The Morgan fingerprint density at radius 3 is 2.60 bits per heavy atom. The molecule has 1 fully saturated rings. The standard InChI is InChI=1S/C14H23NO4S/c1-10-8-13(11(2)19-10)14(3,16)9-15-20(17,18)7-6-12-4-5-12/h8,12,15-16H,4-7,9H2,1-3H3. The highest BCUT2D eigenvalue weighted by atomic mass is 32.2. The van der Waals surface area contributed by atoms with Crippen molar-refractivity contribution in [2.24, 2.45) is 5.92 Å². The van der Waals surface area contributed by atoms with Gasteiger partial charge in [0, 0.05) is 12.1 Å². The van der Waals surface area contributed by atoms with Gasteiger partial charge in [-0.05, 0) is 39.2 Å². The van der Waals surface area contributed by atoms with Crippen LogP contribution in [0.1, 0.15) is 43.3 Å². The Morgan fingerprint density at radius 1 is 1.45 bits per heavy atom. The van der Waals surface area contributed by atoms with Gasteiger partial charge in [-0.25, -0.2) is 13.1 Å². The van der Waals surface area contributed by atoms with Gasteiger partial charge in [0.15, 0.2) is 0 Å². The Labute approximate surface area is 120 Å². The van der Waals surface area contributed by atoms with Gasteiger partial charge in [-0.15, -0.1) is 0 Å². The van der Waals surface area contributed by atoms with Crippen molar-refractivity contribution < 1.29 is 17.9 Å². The minimum Gasteiger partial charge on any atom is -0.466 e. The summed E-state index contributed by atoms with van der Waals surface area (Å²) < 4.78 is 31.7. The van der Waals surface area contributed by atoms with Crippen LogP contribution in [0.5, 0.6) is 0 Å². The zero-order valence-corrected chi connectivity index (χ0v) is 13.1. The molecule has 0 spiro atoms. The minimum absolute atomic E-state index is 0.0419. The van der Waals surface area contributed by atoms with Crippen LogP contribution in [0.3, 0.4) is 0 Å². The monoisotopic (exact) mass is 301 g/mol. The molecule has 0 saturated heterocycles. The van der Waals surface area contributed by atoms with Crippen LogP contribution in [0.25, 0.3) is 0 Å². The topological polar surface area (TPSA) is 79.5 Å². The van der Waals surface area contributed by atoms with Crippen molar-refractivity contribution in [3.8, 4) is 0 Å². The Kier molecular flexibility index (Phi) is 4.27. The van der Waals surface area contributed by atoms with E-state index in [0.717, 1.165) is 12.8 Å². The van der Waals surface area contributed by atoms with E-state index in [4.69, 9.17) is 4.42 Å². The van der Waals surface area contributed by atoms with Crippen LogP contribution in [0.15, 0.2) is 10.5 Å². The fourth-order valence-electron chi connectivity index (χ4n) is 2.31. The molecule has 0 amide bonds. The molecular formula is C14H23NO4S. The highest BCUT2D eigenvalue weighted by Crippen LogP contribution is 2.32. The highest BCUT2D eigenvalue weighted by molar-refractivity contribution is 7.89. The summed E-state index contributed by atoms with van der Waals surface area (Å²) >= 11 is 0. The van der Waals surface area contributed by atoms with Gasteiger partial charge in [-0.2, -0.15) is 0 Å². The Morgan fingerprint density at radius 2 is 2.10 bits per heavy atom. The van der Waals surface area contributed by atoms with Crippen LogP contribution in [-0.2, 0) is 15.6 Å². The fraction of sp³-hybridized carbons (Fsp3) is 0.714. The SMILES string of the molecule is Cc1cc(C(C)(O)CNS(=O)(=O)CCC2CC2)c(C)o1. The van der Waals surface area contributed by atoms with Crippen LogP contribution in [0.4, 0.5) is 0 Å². The van der Waals surface area contributed by atoms with Crippen LogP contribution >= 0.6 is 0 Å². The van der Waals surface area contributed by atoms with Crippen molar-refractivity contribution in [3.63, 3.8) is 0 Å². The van der Waals surface area contributed by atoms with Gasteiger partial charge in [-0.3, -0.25) is 0 Å². The first-order valence-electron chi connectivity index (χ1n) is 6.97. The third-order valence-electron chi connectivity index (χ3n) is 3.75. The van der Waals surface area contributed by atoms with Crippen molar-refractivity contribution in [1.82, 2.24) is 4.72 Å². The lowest BCUT2D eigenvalue weighted by molar-refractivity contribution is 0.0612. The van der Waals surface area contributed by atoms with Gasteiger partial charge in [0.25, 0.3) is 0 Å². The molecule has 1 unspecified atom stereocenters. The zero-order chi connectivity index (χ0) is 15.0. The number of nitrogens with one attached hydrogen (secondary N) is 1. The summed E-state index contributed by atoms with van der Waals surface area (Å²) in [5, 5.41) is 10.4. The third kappa shape index (κ3) is 4.07. The molecule has 0 aliphatic heterocycles. The predicted molar refractivity (Wildman–Crippen MR) is 76.9 cm³/mol. The molecule has 1 aromatic rings. The van der Waals surface area contributed by atoms with E-state index in [0.29, 0.717) is 29.4 Å². The molecule has 1 saturated carbocycles. The maximum Gasteiger partial charge on any atom is 0.211 e. The summed E-state index contributed by atoms with van der Waals surface area (Å²) in [6.45, 7) is 5.11. The summed E-state index contributed by atoms with van der Waals surface area (Å²) in [6, 6.07) is 1.74. The molecule has 1 aliphatic carbocycles. The molecule has 20 heavy (non-hydrogen) atoms. The average Bonchev–Trinajstić information content (AvgIpc) is 3.10. The van der Waals surface area contributed by atoms with E-state index < -0.39 is 15.6 Å². The molecule has 114 valence electrons. The maximum absolute atomic E-state index is 11.9. The minimum atomic E-state index is -3.32. The first-order chi connectivity index (χ1) is 9.20. The van der Waals surface area contributed by atoms with E-state index in [1.165, 1.54) is 0 Å². The predicted octanol–water partition coefficient (Wildman–Crippen LogP) is 1.82. The van der Waals surface area contributed by atoms with Gasteiger partial charge in [0.05, 0.1) is 5.75 Å². The van der Waals surface area contributed by atoms with E-state index in [1.807, 2.05) is 0 Å². The molecule has 2 rings (SSSR count). The Balaban J connectivity index is 1.95. The number of hydrogen-bond acceptors (Lipinski definition) is 4. The normalized spacial score (nSPS) is 19.0. The van der Waals surface area contributed by atoms with Crippen LogP contribution in [0.2, 0.25) is 0 Å². The second-order valence-electron chi connectivity index (χ2n) is 5.97. The zero-order valence-electron chi connectivity index (χ0n) is 12.3. The molecular weight excluding hydrogens is 278 g/mol. The van der Waals surface area contributed by atoms with E-state index >= 15 is 0 Å². The molecule has 5 nitrogen and oxygen atoms in total. The second kappa shape index (κ2) is 5.50. The van der Waals surface area contributed by atoms with Crippen molar-refractivity contribution >= 4 is 10.0 Å². The lowest BCUT2D eigenvalue weighted by Crippen LogP contribution is -2.39. The lowest BCUT2D eigenvalue weighted by Gasteiger charge is -2.23. The van der Waals surface area contributed by atoms with Crippen molar-refractivity contribution in [2.45, 2.75) is 45.6 Å². The van der Waals surface area contributed by atoms with Crippen LogP contribution < -0.4 is 4.72 Å². The summed E-state index contributed by atoms with van der Waals surface area (Å²) in [7, 11) is -3.32. The van der Waals surface area contributed by atoms with Crippen LogP contribution in [0, 0.1) is 19.8 Å². The molecule has 0 bridgehead atoms. The van der Waals surface area contributed by atoms with E-state index in [1.54, 1.807) is 26.8 Å². The first kappa shape index (κ1) is 15.5. The molecule has 0 aromatic carbocycles. The molecule has 2 N–H and O–H groups in total. The smallest absolute Gasteiger partial charge is 0.211 e. The Bertz CT molecular complexity index is 570. The van der Waals surface area contributed by atoms with Crippen molar-refractivity contribution in [2.75, 3.05) is 12.3 Å². The maximum atomic E-state index is 11.9. The fourth-order valence-corrected chi connectivity index (χ4v) is 3.60. The first-order valence-corrected chi connectivity index (χ1v) is 8.62. The quantitative estimate of drug-likeness (QED) is 0.805.